The Morgan fingerprint density at radius 3 is 2.65 bits per heavy atom. The number of aryl methyl sites for hydroxylation is 1. The Morgan fingerprint density at radius 1 is 1.35 bits per heavy atom. The minimum Gasteiger partial charge on any atom is -0.373 e. The predicted molar refractivity (Wildman–Crippen MR) is 63.3 cm³/mol. The van der Waals surface area contributed by atoms with E-state index < -0.39 is 22.6 Å². The second-order valence-electron chi connectivity index (χ2n) is 4.75. The van der Waals surface area contributed by atoms with Crippen LogP contribution in [0.15, 0.2) is 12.1 Å². The maximum atomic E-state index is 13.7. The van der Waals surface area contributed by atoms with Crippen molar-refractivity contribution in [3.05, 3.63) is 34.9 Å². The third-order valence-electron chi connectivity index (χ3n) is 3.34. The molecule has 1 saturated heterocycles. The number of rotatable bonds is 2. The summed E-state index contributed by atoms with van der Waals surface area (Å²) in [5.41, 5.74) is 0.149. The molecule has 1 aromatic rings. The van der Waals surface area contributed by atoms with Gasteiger partial charge in [0.25, 0.3) is 0 Å². The van der Waals surface area contributed by atoms with Crippen LogP contribution in [0, 0.1) is 18.6 Å². The van der Waals surface area contributed by atoms with Crippen LogP contribution >= 0.6 is 11.6 Å². The van der Waals surface area contributed by atoms with Crippen LogP contribution in [-0.2, 0) is 4.74 Å². The Morgan fingerprint density at radius 2 is 2.06 bits per heavy atom. The SMILES string of the molecule is Cc1cc(C(Cl)C2(C)CCCO2)c(F)cc1F. The first-order valence-electron chi connectivity index (χ1n) is 5.67. The van der Waals surface area contributed by atoms with Crippen LogP contribution in [0.3, 0.4) is 0 Å². The Hall–Kier alpha value is -0.670. The van der Waals surface area contributed by atoms with Crippen molar-refractivity contribution in [3.8, 4) is 0 Å². The molecule has 2 unspecified atom stereocenters. The van der Waals surface area contributed by atoms with Gasteiger partial charge in [-0.05, 0) is 38.3 Å². The van der Waals surface area contributed by atoms with Gasteiger partial charge in [-0.3, -0.25) is 0 Å². The molecule has 1 aromatic carbocycles. The lowest BCUT2D eigenvalue weighted by Crippen LogP contribution is -2.29. The van der Waals surface area contributed by atoms with E-state index >= 15 is 0 Å². The maximum absolute atomic E-state index is 13.7. The van der Waals surface area contributed by atoms with Crippen LogP contribution in [-0.4, -0.2) is 12.2 Å². The third kappa shape index (κ3) is 2.31. The van der Waals surface area contributed by atoms with Crippen LogP contribution in [0.1, 0.15) is 36.3 Å². The van der Waals surface area contributed by atoms with Gasteiger partial charge in [-0.2, -0.15) is 0 Å². The lowest BCUT2D eigenvalue weighted by Gasteiger charge is -2.29. The predicted octanol–water partition coefficient (Wildman–Crippen LogP) is 4.12. The first kappa shape index (κ1) is 12.8. The summed E-state index contributed by atoms with van der Waals surface area (Å²) >= 11 is 6.30. The van der Waals surface area contributed by atoms with Crippen molar-refractivity contribution < 1.29 is 13.5 Å². The summed E-state index contributed by atoms with van der Waals surface area (Å²) in [6.07, 6.45) is 1.71. The molecule has 0 radical (unpaired) electrons. The normalized spacial score (nSPS) is 26.2. The Bertz CT molecular complexity index is 428. The highest BCUT2D eigenvalue weighted by Gasteiger charge is 2.39. The molecular formula is C13H15ClF2O. The first-order chi connectivity index (χ1) is 7.94. The summed E-state index contributed by atoms with van der Waals surface area (Å²) < 4.78 is 32.5. The number of benzene rings is 1. The van der Waals surface area contributed by atoms with Gasteiger partial charge in [0, 0.05) is 18.2 Å². The molecule has 1 nitrogen and oxygen atoms in total. The van der Waals surface area contributed by atoms with Gasteiger partial charge in [0.2, 0.25) is 0 Å². The number of alkyl halides is 1. The zero-order valence-corrected chi connectivity index (χ0v) is 10.7. The van der Waals surface area contributed by atoms with E-state index in [1.165, 1.54) is 6.07 Å². The molecule has 0 spiro atoms. The minimum absolute atomic E-state index is 0.315. The fourth-order valence-corrected chi connectivity index (χ4v) is 2.54. The molecule has 0 N–H and O–H groups in total. The summed E-state index contributed by atoms with van der Waals surface area (Å²) in [7, 11) is 0. The topological polar surface area (TPSA) is 9.23 Å². The molecule has 17 heavy (non-hydrogen) atoms. The molecule has 4 heteroatoms. The summed E-state index contributed by atoms with van der Waals surface area (Å²) in [5, 5.41) is -0.593. The highest BCUT2D eigenvalue weighted by atomic mass is 35.5. The van der Waals surface area contributed by atoms with Gasteiger partial charge < -0.3 is 4.74 Å². The average Bonchev–Trinajstić information content (AvgIpc) is 2.71. The molecule has 0 saturated carbocycles. The van der Waals surface area contributed by atoms with Gasteiger partial charge in [-0.1, -0.05) is 0 Å². The molecule has 0 aromatic heterocycles. The lowest BCUT2D eigenvalue weighted by molar-refractivity contribution is 0.0157. The summed E-state index contributed by atoms with van der Waals surface area (Å²) in [6.45, 7) is 4.11. The number of hydrogen-bond acceptors (Lipinski definition) is 1. The van der Waals surface area contributed by atoms with Crippen molar-refractivity contribution in [1.29, 1.82) is 0 Å². The smallest absolute Gasteiger partial charge is 0.130 e. The van der Waals surface area contributed by atoms with E-state index in [1.54, 1.807) is 6.92 Å². The van der Waals surface area contributed by atoms with E-state index in [4.69, 9.17) is 16.3 Å². The van der Waals surface area contributed by atoms with Gasteiger partial charge in [-0.25, -0.2) is 8.78 Å². The van der Waals surface area contributed by atoms with Gasteiger partial charge >= 0.3 is 0 Å². The van der Waals surface area contributed by atoms with Crippen LogP contribution < -0.4 is 0 Å². The largest absolute Gasteiger partial charge is 0.373 e. The summed E-state index contributed by atoms with van der Waals surface area (Å²) in [5.74, 6) is -1.16. The standard InChI is InChI=1S/C13H15ClF2O/c1-8-6-9(11(16)7-10(8)15)12(14)13(2)4-3-5-17-13/h6-7,12H,3-5H2,1-2H3. The first-order valence-corrected chi connectivity index (χ1v) is 6.11. The lowest BCUT2D eigenvalue weighted by atomic mass is 9.92. The molecule has 2 atom stereocenters. The fraction of sp³-hybridized carbons (Fsp3) is 0.538. The highest BCUT2D eigenvalue weighted by Crippen LogP contribution is 2.42. The molecule has 94 valence electrons. The van der Waals surface area contributed by atoms with Crippen molar-refractivity contribution >= 4 is 11.6 Å². The van der Waals surface area contributed by atoms with E-state index in [0.29, 0.717) is 17.7 Å². The molecule has 1 aliphatic heterocycles. The van der Waals surface area contributed by atoms with E-state index in [-0.39, 0.29) is 0 Å². The van der Waals surface area contributed by atoms with E-state index in [1.807, 2.05) is 6.92 Å². The van der Waals surface area contributed by atoms with E-state index in [2.05, 4.69) is 0 Å². The zero-order valence-electron chi connectivity index (χ0n) is 9.90. The van der Waals surface area contributed by atoms with Crippen LogP contribution in [0.4, 0.5) is 8.78 Å². The van der Waals surface area contributed by atoms with Crippen molar-refractivity contribution in [2.24, 2.45) is 0 Å². The molecular weight excluding hydrogens is 246 g/mol. The van der Waals surface area contributed by atoms with Crippen molar-refractivity contribution in [3.63, 3.8) is 0 Å². The third-order valence-corrected chi connectivity index (χ3v) is 4.03. The van der Waals surface area contributed by atoms with Gasteiger partial charge in [0.15, 0.2) is 0 Å². The second-order valence-corrected chi connectivity index (χ2v) is 5.19. The number of ether oxygens (including phenoxy) is 1. The average molecular weight is 261 g/mol. The molecule has 1 heterocycles. The molecule has 0 bridgehead atoms. The number of halogens is 3. The van der Waals surface area contributed by atoms with Gasteiger partial charge in [0.1, 0.15) is 11.6 Å². The monoisotopic (exact) mass is 260 g/mol. The van der Waals surface area contributed by atoms with Gasteiger partial charge in [-0.15, -0.1) is 11.6 Å². The molecule has 2 rings (SSSR count). The highest BCUT2D eigenvalue weighted by molar-refractivity contribution is 6.21. The quantitative estimate of drug-likeness (QED) is 0.727. The van der Waals surface area contributed by atoms with Crippen LogP contribution in [0.2, 0.25) is 0 Å². The van der Waals surface area contributed by atoms with E-state index in [9.17, 15) is 8.78 Å². The van der Waals surface area contributed by atoms with Crippen molar-refractivity contribution in [2.45, 2.75) is 37.7 Å². The summed E-state index contributed by atoms with van der Waals surface area (Å²) in [4.78, 5) is 0. The molecule has 1 fully saturated rings. The minimum atomic E-state index is -0.607. The fourth-order valence-electron chi connectivity index (χ4n) is 2.20. The van der Waals surface area contributed by atoms with Crippen molar-refractivity contribution in [1.82, 2.24) is 0 Å². The number of hydrogen-bond donors (Lipinski definition) is 0. The second kappa shape index (κ2) is 4.54. The van der Waals surface area contributed by atoms with Crippen molar-refractivity contribution in [2.75, 3.05) is 6.61 Å². The van der Waals surface area contributed by atoms with Crippen LogP contribution in [0.25, 0.3) is 0 Å². The Balaban J connectivity index is 2.36. The Labute approximate surface area is 105 Å². The maximum Gasteiger partial charge on any atom is 0.130 e. The molecule has 0 aliphatic carbocycles. The van der Waals surface area contributed by atoms with E-state index in [0.717, 1.165) is 18.9 Å². The van der Waals surface area contributed by atoms with Crippen LogP contribution in [0.5, 0.6) is 0 Å². The van der Waals surface area contributed by atoms with Gasteiger partial charge in [0.05, 0.1) is 11.0 Å². The Kier molecular flexibility index (Phi) is 3.41. The molecule has 0 amide bonds. The molecule has 1 aliphatic rings. The zero-order chi connectivity index (χ0) is 12.6. The summed E-state index contributed by atoms with van der Waals surface area (Å²) in [6, 6.07) is 2.35.